The van der Waals surface area contributed by atoms with E-state index < -0.39 is 10.0 Å². The summed E-state index contributed by atoms with van der Waals surface area (Å²) in [7, 11) is -1.93. The van der Waals surface area contributed by atoms with Gasteiger partial charge in [0.15, 0.2) is 0 Å². The van der Waals surface area contributed by atoms with E-state index in [0.29, 0.717) is 4.90 Å². The summed E-state index contributed by atoms with van der Waals surface area (Å²) in [5.74, 6) is 0. The van der Waals surface area contributed by atoms with Crippen LogP contribution in [0.15, 0.2) is 29.2 Å². The Bertz CT molecular complexity index is 538. The van der Waals surface area contributed by atoms with Crippen LogP contribution in [0.3, 0.4) is 0 Å². The predicted octanol–water partition coefficient (Wildman–Crippen LogP) is 0.783. The van der Waals surface area contributed by atoms with Crippen molar-refractivity contribution in [2.45, 2.75) is 24.3 Å². The number of sulfonamides is 1. The van der Waals surface area contributed by atoms with Crippen molar-refractivity contribution >= 4 is 15.7 Å². The van der Waals surface area contributed by atoms with Gasteiger partial charge in [0.25, 0.3) is 0 Å². The van der Waals surface area contributed by atoms with Crippen LogP contribution in [0.4, 0.5) is 5.69 Å². The molecule has 6 heteroatoms. The molecule has 1 aliphatic heterocycles. The molecule has 19 heavy (non-hydrogen) atoms. The minimum absolute atomic E-state index is 0.0774. The average molecular weight is 283 g/mol. The van der Waals surface area contributed by atoms with Gasteiger partial charge in [-0.1, -0.05) is 0 Å². The maximum atomic E-state index is 11.7. The van der Waals surface area contributed by atoms with Gasteiger partial charge in [-0.05, 0) is 45.2 Å². The van der Waals surface area contributed by atoms with E-state index in [9.17, 15) is 8.42 Å². The lowest BCUT2D eigenvalue weighted by Crippen LogP contribution is -2.57. The molecule has 2 rings (SSSR count). The average Bonchev–Trinajstić information content (AvgIpc) is 2.38. The molecular formula is C13H21N3O2S. The molecule has 1 fully saturated rings. The monoisotopic (exact) mass is 283 g/mol. The van der Waals surface area contributed by atoms with E-state index >= 15 is 0 Å². The second-order valence-corrected chi connectivity index (χ2v) is 7.32. The highest BCUT2D eigenvalue weighted by Gasteiger charge is 2.25. The molecule has 1 heterocycles. The highest BCUT2D eigenvalue weighted by Crippen LogP contribution is 2.21. The number of hydrogen-bond donors (Lipinski definition) is 2. The second kappa shape index (κ2) is 5.11. The summed E-state index contributed by atoms with van der Waals surface area (Å²) < 4.78 is 25.6. The Kier molecular flexibility index (Phi) is 3.85. The Balaban J connectivity index is 2.19. The van der Waals surface area contributed by atoms with Crippen LogP contribution in [0.5, 0.6) is 0 Å². The fraction of sp³-hybridized carbons (Fsp3) is 0.538. The topological polar surface area (TPSA) is 61.4 Å². The summed E-state index contributed by atoms with van der Waals surface area (Å²) in [5.41, 5.74) is 1.14. The molecule has 0 bridgehead atoms. The normalized spacial score (nSPS) is 19.4. The van der Waals surface area contributed by atoms with Crippen LogP contribution < -0.4 is 14.9 Å². The zero-order chi connectivity index (χ0) is 14.1. The first-order chi connectivity index (χ1) is 8.84. The summed E-state index contributed by atoms with van der Waals surface area (Å²) in [6, 6.07) is 7.03. The Morgan fingerprint density at radius 1 is 1.26 bits per heavy atom. The Morgan fingerprint density at radius 2 is 1.89 bits per heavy atom. The third kappa shape index (κ3) is 3.26. The summed E-state index contributed by atoms with van der Waals surface area (Å²) in [6.07, 6.45) is 0. The van der Waals surface area contributed by atoms with E-state index in [4.69, 9.17) is 0 Å². The molecule has 1 aromatic rings. The first-order valence-corrected chi connectivity index (χ1v) is 7.86. The SMILES string of the molecule is CNS(=O)(=O)c1ccc(N2CCNC(C)(C)C2)cc1. The molecule has 2 N–H and O–H groups in total. The molecule has 0 unspecified atom stereocenters. The number of anilines is 1. The van der Waals surface area contributed by atoms with Crippen LogP contribution in [0.1, 0.15) is 13.8 Å². The lowest BCUT2D eigenvalue weighted by molar-refractivity contribution is 0.353. The van der Waals surface area contributed by atoms with Crippen molar-refractivity contribution in [1.29, 1.82) is 0 Å². The zero-order valence-corrected chi connectivity index (χ0v) is 12.4. The standard InChI is InChI=1S/C13H21N3O2S/c1-13(2)10-16(9-8-15-13)11-4-6-12(7-5-11)19(17,18)14-3/h4-7,14-15H,8-10H2,1-3H3. The number of hydrogen-bond acceptors (Lipinski definition) is 4. The number of rotatable bonds is 3. The van der Waals surface area contributed by atoms with E-state index in [1.807, 2.05) is 12.1 Å². The largest absolute Gasteiger partial charge is 0.368 e. The zero-order valence-electron chi connectivity index (χ0n) is 11.6. The molecule has 1 aromatic carbocycles. The molecule has 0 spiro atoms. The van der Waals surface area contributed by atoms with Crippen LogP contribution in [0, 0.1) is 0 Å². The Hall–Kier alpha value is -1.11. The first-order valence-electron chi connectivity index (χ1n) is 6.38. The van der Waals surface area contributed by atoms with E-state index in [2.05, 4.69) is 28.8 Å². The number of nitrogens with zero attached hydrogens (tertiary/aromatic N) is 1. The summed E-state index contributed by atoms with van der Waals surface area (Å²) in [4.78, 5) is 2.57. The molecule has 5 nitrogen and oxygen atoms in total. The molecule has 0 saturated carbocycles. The molecular weight excluding hydrogens is 262 g/mol. The number of piperazine rings is 1. The van der Waals surface area contributed by atoms with Crippen LogP contribution in [-0.4, -0.2) is 40.6 Å². The molecule has 0 aromatic heterocycles. The predicted molar refractivity (Wildman–Crippen MR) is 77.0 cm³/mol. The van der Waals surface area contributed by atoms with Gasteiger partial charge in [-0.2, -0.15) is 0 Å². The van der Waals surface area contributed by atoms with Crippen LogP contribution >= 0.6 is 0 Å². The Morgan fingerprint density at radius 3 is 2.42 bits per heavy atom. The maximum absolute atomic E-state index is 11.7. The van der Waals surface area contributed by atoms with E-state index in [-0.39, 0.29) is 5.54 Å². The molecule has 0 amide bonds. The first kappa shape index (κ1) is 14.3. The van der Waals surface area contributed by atoms with E-state index in [0.717, 1.165) is 25.3 Å². The molecule has 1 saturated heterocycles. The van der Waals surface area contributed by atoms with Crippen molar-refractivity contribution in [3.63, 3.8) is 0 Å². The highest BCUT2D eigenvalue weighted by molar-refractivity contribution is 7.89. The van der Waals surface area contributed by atoms with Gasteiger partial charge in [-0.25, -0.2) is 13.1 Å². The maximum Gasteiger partial charge on any atom is 0.240 e. The summed E-state index contributed by atoms with van der Waals surface area (Å²) >= 11 is 0. The third-order valence-electron chi connectivity index (χ3n) is 3.35. The minimum Gasteiger partial charge on any atom is -0.368 e. The third-order valence-corrected chi connectivity index (χ3v) is 4.78. The van der Waals surface area contributed by atoms with Gasteiger partial charge in [0.05, 0.1) is 4.90 Å². The van der Waals surface area contributed by atoms with Crippen LogP contribution in [0.25, 0.3) is 0 Å². The lowest BCUT2D eigenvalue weighted by Gasteiger charge is -2.40. The van der Waals surface area contributed by atoms with Crippen molar-refractivity contribution < 1.29 is 8.42 Å². The van der Waals surface area contributed by atoms with Crippen molar-refractivity contribution in [2.24, 2.45) is 0 Å². The molecule has 0 radical (unpaired) electrons. The van der Waals surface area contributed by atoms with Crippen molar-refractivity contribution in [1.82, 2.24) is 10.0 Å². The quantitative estimate of drug-likeness (QED) is 0.861. The molecule has 1 aliphatic rings. The minimum atomic E-state index is -3.35. The van der Waals surface area contributed by atoms with Crippen molar-refractivity contribution in [3.05, 3.63) is 24.3 Å². The molecule has 0 aliphatic carbocycles. The van der Waals surface area contributed by atoms with Gasteiger partial charge in [-0.3, -0.25) is 0 Å². The fourth-order valence-electron chi connectivity index (χ4n) is 2.32. The van der Waals surface area contributed by atoms with Crippen LogP contribution in [-0.2, 0) is 10.0 Å². The van der Waals surface area contributed by atoms with Gasteiger partial charge < -0.3 is 10.2 Å². The van der Waals surface area contributed by atoms with E-state index in [1.54, 1.807) is 12.1 Å². The molecule has 0 atom stereocenters. The van der Waals surface area contributed by atoms with E-state index in [1.165, 1.54) is 7.05 Å². The fourth-order valence-corrected chi connectivity index (χ4v) is 3.05. The number of nitrogens with one attached hydrogen (secondary N) is 2. The molecule has 106 valence electrons. The highest BCUT2D eigenvalue weighted by atomic mass is 32.2. The van der Waals surface area contributed by atoms with Crippen molar-refractivity contribution in [2.75, 3.05) is 31.6 Å². The van der Waals surface area contributed by atoms with Gasteiger partial charge in [-0.15, -0.1) is 0 Å². The van der Waals surface area contributed by atoms with Gasteiger partial charge >= 0.3 is 0 Å². The summed E-state index contributed by atoms with van der Waals surface area (Å²) in [5, 5.41) is 3.46. The Labute approximate surface area is 115 Å². The van der Waals surface area contributed by atoms with Gasteiger partial charge in [0.1, 0.15) is 0 Å². The van der Waals surface area contributed by atoms with Crippen LogP contribution in [0.2, 0.25) is 0 Å². The lowest BCUT2D eigenvalue weighted by atomic mass is 10.0. The second-order valence-electron chi connectivity index (χ2n) is 5.43. The van der Waals surface area contributed by atoms with Gasteiger partial charge in [0.2, 0.25) is 10.0 Å². The summed E-state index contributed by atoms with van der Waals surface area (Å²) in [6.45, 7) is 7.11. The number of benzene rings is 1. The van der Waals surface area contributed by atoms with Gasteiger partial charge in [0, 0.05) is 30.9 Å². The smallest absolute Gasteiger partial charge is 0.240 e. The van der Waals surface area contributed by atoms with Crippen molar-refractivity contribution in [3.8, 4) is 0 Å².